The number of likely N-dealkylation sites (N-methyl/N-ethyl adjacent to an activating group) is 1. The van der Waals surface area contributed by atoms with Crippen molar-refractivity contribution in [3.05, 3.63) is 34.9 Å². The molecule has 0 heterocycles. The van der Waals surface area contributed by atoms with E-state index in [9.17, 15) is 5.11 Å². The summed E-state index contributed by atoms with van der Waals surface area (Å²) >= 11 is 5.89. The lowest BCUT2D eigenvalue weighted by molar-refractivity contribution is 0.121. The van der Waals surface area contributed by atoms with Gasteiger partial charge in [0.25, 0.3) is 0 Å². The minimum Gasteiger partial charge on any atom is -0.387 e. The molecule has 1 unspecified atom stereocenters. The van der Waals surface area contributed by atoms with Gasteiger partial charge in [-0.3, -0.25) is 0 Å². The highest BCUT2D eigenvalue weighted by Crippen LogP contribution is 2.18. The Kier molecular flexibility index (Phi) is 5.26. The molecule has 0 saturated carbocycles. The molecule has 0 fully saturated rings. The highest BCUT2D eigenvalue weighted by Gasteiger charge is 2.11. The van der Waals surface area contributed by atoms with Crippen molar-refractivity contribution in [1.82, 2.24) is 4.90 Å². The normalized spacial score (nSPS) is 13.4. The highest BCUT2D eigenvalue weighted by atomic mass is 35.5. The fraction of sp³-hybridized carbons (Fsp3) is 0.538. The minimum absolute atomic E-state index is 0.470. The molecule has 3 heteroatoms. The molecule has 0 spiro atoms. The van der Waals surface area contributed by atoms with Crippen molar-refractivity contribution in [2.24, 2.45) is 5.92 Å². The summed E-state index contributed by atoms with van der Waals surface area (Å²) in [5.41, 5.74) is 0.878. The molecule has 0 aliphatic carbocycles. The second kappa shape index (κ2) is 6.24. The van der Waals surface area contributed by atoms with Gasteiger partial charge in [-0.1, -0.05) is 37.6 Å². The molecule has 0 amide bonds. The van der Waals surface area contributed by atoms with E-state index in [1.54, 1.807) is 0 Å². The maximum atomic E-state index is 10.0. The second-order valence-electron chi connectivity index (χ2n) is 4.69. The van der Waals surface area contributed by atoms with Crippen LogP contribution in [0.15, 0.2) is 24.3 Å². The van der Waals surface area contributed by atoms with Gasteiger partial charge in [0.1, 0.15) is 0 Å². The van der Waals surface area contributed by atoms with Crippen LogP contribution < -0.4 is 0 Å². The average molecular weight is 242 g/mol. The number of nitrogens with zero attached hydrogens (tertiary/aromatic N) is 1. The molecular weight excluding hydrogens is 222 g/mol. The third-order valence-electron chi connectivity index (χ3n) is 2.39. The molecule has 1 aromatic carbocycles. The number of halogens is 1. The lowest BCUT2D eigenvalue weighted by Gasteiger charge is -2.22. The maximum Gasteiger partial charge on any atom is 0.0917 e. The van der Waals surface area contributed by atoms with E-state index in [1.807, 2.05) is 31.3 Å². The van der Waals surface area contributed by atoms with Crippen molar-refractivity contribution >= 4 is 11.6 Å². The Morgan fingerprint density at radius 2 is 2.00 bits per heavy atom. The zero-order valence-electron chi connectivity index (χ0n) is 10.2. The molecule has 1 rings (SSSR count). The monoisotopic (exact) mass is 241 g/mol. The summed E-state index contributed by atoms with van der Waals surface area (Å²) in [5.74, 6) is 0.608. The average Bonchev–Trinajstić information content (AvgIpc) is 2.16. The van der Waals surface area contributed by atoms with Crippen molar-refractivity contribution in [3.8, 4) is 0 Å². The lowest BCUT2D eigenvalue weighted by Crippen LogP contribution is -2.28. The van der Waals surface area contributed by atoms with Gasteiger partial charge in [-0.15, -0.1) is 0 Å². The third-order valence-corrected chi connectivity index (χ3v) is 2.63. The third kappa shape index (κ3) is 4.52. The summed E-state index contributed by atoms with van der Waals surface area (Å²) in [4.78, 5) is 2.14. The molecule has 0 bridgehead atoms. The summed E-state index contributed by atoms with van der Waals surface area (Å²) in [5, 5.41) is 10.7. The van der Waals surface area contributed by atoms with Crippen LogP contribution in [0.5, 0.6) is 0 Å². The molecule has 2 nitrogen and oxygen atoms in total. The van der Waals surface area contributed by atoms with Crippen molar-refractivity contribution in [3.63, 3.8) is 0 Å². The first kappa shape index (κ1) is 13.5. The second-order valence-corrected chi connectivity index (χ2v) is 5.12. The molecule has 0 radical (unpaired) electrons. The fourth-order valence-electron chi connectivity index (χ4n) is 1.81. The molecule has 16 heavy (non-hydrogen) atoms. The van der Waals surface area contributed by atoms with Gasteiger partial charge in [-0.2, -0.15) is 0 Å². The molecule has 1 aromatic rings. The minimum atomic E-state index is -0.470. The van der Waals surface area contributed by atoms with Gasteiger partial charge in [-0.05, 0) is 30.7 Å². The molecule has 1 atom stereocenters. The summed E-state index contributed by atoms with van der Waals surface area (Å²) in [6.07, 6.45) is -0.470. The smallest absolute Gasteiger partial charge is 0.0917 e. The van der Waals surface area contributed by atoms with Crippen LogP contribution in [0.3, 0.4) is 0 Å². The largest absolute Gasteiger partial charge is 0.387 e. The van der Waals surface area contributed by atoms with Crippen LogP contribution >= 0.6 is 11.6 Å². The van der Waals surface area contributed by atoms with E-state index in [2.05, 4.69) is 18.7 Å². The predicted octanol–water partition coefficient (Wildman–Crippen LogP) is 2.96. The molecule has 90 valence electrons. The predicted molar refractivity (Wildman–Crippen MR) is 68.7 cm³/mol. The van der Waals surface area contributed by atoms with Gasteiger partial charge in [0.05, 0.1) is 6.10 Å². The van der Waals surface area contributed by atoms with Gasteiger partial charge in [0.2, 0.25) is 0 Å². The molecule has 1 N–H and O–H groups in total. The SMILES string of the molecule is CC(C)CN(C)CC(O)c1cccc(Cl)c1. The standard InChI is InChI=1S/C13H20ClNO/c1-10(2)8-15(3)9-13(16)11-5-4-6-12(14)7-11/h4-7,10,13,16H,8-9H2,1-3H3. The van der Waals surface area contributed by atoms with Crippen molar-refractivity contribution in [2.75, 3.05) is 20.1 Å². The lowest BCUT2D eigenvalue weighted by atomic mass is 10.1. The van der Waals surface area contributed by atoms with E-state index in [0.717, 1.165) is 12.1 Å². The molecule has 0 saturated heterocycles. The van der Waals surface area contributed by atoms with E-state index in [1.165, 1.54) is 0 Å². The Morgan fingerprint density at radius 3 is 2.56 bits per heavy atom. The molecule has 0 aromatic heterocycles. The molecule has 0 aliphatic rings. The topological polar surface area (TPSA) is 23.5 Å². The molecule has 0 aliphatic heterocycles. The Balaban J connectivity index is 2.55. The number of benzene rings is 1. The van der Waals surface area contributed by atoms with E-state index in [-0.39, 0.29) is 0 Å². The Labute approximate surface area is 103 Å². The number of aliphatic hydroxyl groups is 1. The number of aliphatic hydroxyl groups excluding tert-OH is 1. The van der Waals surface area contributed by atoms with E-state index >= 15 is 0 Å². The van der Waals surface area contributed by atoms with Crippen molar-refractivity contribution in [1.29, 1.82) is 0 Å². The van der Waals surface area contributed by atoms with Crippen LogP contribution in [-0.4, -0.2) is 30.1 Å². The Morgan fingerprint density at radius 1 is 1.31 bits per heavy atom. The Hall–Kier alpha value is -0.570. The number of hydrogen-bond acceptors (Lipinski definition) is 2. The Bertz CT molecular complexity index is 327. The first-order chi connectivity index (χ1) is 7.49. The zero-order chi connectivity index (χ0) is 12.1. The van der Waals surface area contributed by atoms with Crippen LogP contribution in [0.2, 0.25) is 5.02 Å². The first-order valence-electron chi connectivity index (χ1n) is 5.61. The number of hydrogen-bond donors (Lipinski definition) is 1. The van der Waals surface area contributed by atoms with Crippen molar-refractivity contribution in [2.45, 2.75) is 20.0 Å². The van der Waals surface area contributed by atoms with Crippen LogP contribution in [0, 0.1) is 5.92 Å². The summed E-state index contributed by atoms with van der Waals surface area (Å²) in [7, 11) is 2.02. The summed E-state index contributed by atoms with van der Waals surface area (Å²) in [6.45, 7) is 5.96. The maximum absolute atomic E-state index is 10.0. The van der Waals surface area contributed by atoms with Gasteiger partial charge >= 0.3 is 0 Å². The zero-order valence-corrected chi connectivity index (χ0v) is 10.9. The van der Waals surface area contributed by atoms with Crippen LogP contribution in [0.4, 0.5) is 0 Å². The van der Waals surface area contributed by atoms with Crippen LogP contribution in [0.25, 0.3) is 0 Å². The van der Waals surface area contributed by atoms with Gasteiger partial charge in [0, 0.05) is 18.1 Å². The van der Waals surface area contributed by atoms with Gasteiger partial charge in [0.15, 0.2) is 0 Å². The van der Waals surface area contributed by atoms with E-state index in [0.29, 0.717) is 17.5 Å². The first-order valence-corrected chi connectivity index (χ1v) is 5.99. The van der Waals surface area contributed by atoms with Crippen molar-refractivity contribution < 1.29 is 5.11 Å². The van der Waals surface area contributed by atoms with Gasteiger partial charge < -0.3 is 10.0 Å². The van der Waals surface area contributed by atoms with E-state index in [4.69, 9.17) is 11.6 Å². The number of rotatable bonds is 5. The molecular formula is C13H20ClNO. The highest BCUT2D eigenvalue weighted by molar-refractivity contribution is 6.30. The van der Waals surface area contributed by atoms with E-state index < -0.39 is 6.10 Å². The van der Waals surface area contributed by atoms with Gasteiger partial charge in [-0.25, -0.2) is 0 Å². The fourth-order valence-corrected chi connectivity index (χ4v) is 2.01. The summed E-state index contributed by atoms with van der Waals surface area (Å²) in [6, 6.07) is 7.40. The van der Waals surface area contributed by atoms with Crippen LogP contribution in [0.1, 0.15) is 25.5 Å². The van der Waals surface area contributed by atoms with Crippen LogP contribution in [-0.2, 0) is 0 Å². The quantitative estimate of drug-likeness (QED) is 0.857. The summed E-state index contributed by atoms with van der Waals surface area (Å²) < 4.78 is 0.